The highest BCUT2D eigenvalue weighted by Crippen LogP contribution is 2.21. The number of carbonyl (C=O) groups is 1. The van der Waals surface area contributed by atoms with Crippen LogP contribution in [0.4, 0.5) is 0 Å². The van der Waals surface area contributed by atoms with E-state index in [0.29, 0.717) is 30.5 Å². The molecular weight excluding hydrogens is 238 g/mol. The molecule has 0 aromatic carbocycles. The molecule has 0 aliphatic carbocycles. The Morgan fingerprint density at radius 3 is 2.47 bits per heavy atom. The summed E-state index contributed by atoms with van der Waals surface area (Å²) in [6.07, 6.45) is 5.88. The van der Waals surface area contributed by atoms with Crippen LogP contribution >= 0.6 is 0 Å². The monoisotopic (exact) mass is 267 g/mol. The van der Waals surface area contributed by atoms with Crippen molar-refractivity contribution in [3.8, 4) is 0 Å². The van der Waals surface area contributed by atoms with Crippen LogP contribution in [0.3, 0.4) is 0 Å². The minimum absolute atomic E-state index is 0.292. The van der Waals surface area contributed by atoms with Crippen molar-refractivity contribution >= 4 is 5.91 Å². The van der Waals surface area contributed by atoms with Crippen molar-refractivity contribution in [1.82, 2.24) is 9.80 Å². The maximum absolute atomic E-state index is 12.4. The Kier molecular flexibility index (Phi) is 5.22. The number of carbonyl (C=O) groups excluding carboxylic acids is 1. The molecule has 1 amide bonds. The second-order valence-electron chi connectivity index (χ2n) is 6.40. The second kappa shape index (κ2) is 6.71. The molecule has 2 rings (SSSR count). The summed E-state index contributed by atoms with van der Waals surface area (Å²) < 4.78 is 0. The van der Waals surface area contributed by atoms with Crippen LogP contribution in [0.2, 0.25) is 0 Å². The van der Waals surface area contributed by atoms with Crippen LogP contribution in [0.15, 0.2) is 0 Å². The minimum Gasteiger partial charge on any atom is -0.339 e. The summed E-state index contributed by atoms with van der Waals surface area (Å²) in [5.41, 5.74) is 5.96. The zero-order valence-corrected chi connectivity index (χ0v) is 12.5. The van der Waals surface area contributed by atoms with Gasteiger partial charge in [0, 0.05) is 18.6 Å². The third kappa shape index (κ3) is 3.93. The first-order chi connectivity index (χ1) is 9.08. The van der Waals surface area contributed by atoms with E-state index in [1.165, 1.54) is 19.3 Å². The van der Waals surface area contributed by atoms with Crippen molar-refractivity contribution in [2.75, 3.05) is 26.2 Å². The van der Waals surface area contributed by atoms with Crippen LogP contribution < -0.4 is 5.73 Å². The van der Waals surface area contributed by atoms with E-state index in [4.69, 9.17) is 5.73 Å². The molecule has 2 unspecified atom stereocenters. The lowest BCUT2D eigenvalue weighted by atomic mass is 9.91. The first-order valence-electron chi connectivity index (χ1n) is 7.85. The zero-order chi connectivity index (χ0) is 13.8. The Morgan fingerprint density at radius 2 is 1.89 bits per heavy atom. The van der Waals surface area contributed by atoms with Gasteiger partial charge < -0.3 is 10.6 Å². The highest BCUT2D eigenvalue weighted by atomic mass is 16.2. The number of amides is 1. The number of likely N-dealkylation sites (tertiary alicyclic amines) is 2. The van der Waals surface area contributed by atoms with E-state index in [1.54, 1.807) is 0 Å². The highest BCUT2D eigenvalue weighted by molar-refractivity contribution is 5.78. The van der Waals surface area contributed by atoms with Crippen molar-refractivity contribution in [2.45, 2.75) is 58.0 Å². The van der Waals surface area contributed by atoms with Gasteiger partial charge in [0.1, 0.15) is 0 Å². The summed E-state index contributed by atoms with van der Waals surface area (Å²) in [6.45, 7) is 7.90. The zero-order valence-electron chi connectivity index (χ0n) is 12.5. The topological polar surface area (TPSA) is 49.6 Å². The van der Waals surface area contributed by atoms with Gasteiger partial charge in [-0.3, -0.25) is 9.69 Å². The first kappa shape index (κ1) is 14.8. The predicted octanol–water partition coefficient (Wildman–Crippen LogP) is 1.45. The maximum Gasteiger partial charge on any atom is 0.236 e. The number of nitrogens with zero attached hydrogens (tertiary/aromatic N) is 2. The van der Waals surface area contributed by atoms with Crippen LogP contribution in [0.1, 0.15) is 46.0 Å². The smallest absolute Gasteiger partial charge is 0.236 e. The number of hydrogen-bond donors (Lipinski definition) is 1. The fourth-order valence-electron chi connectivity index (χ4n) is 3.39. The van der Waals surface area contributed by atoms with E-state index in [-0.39, 0.29) is 0 Å². The predicted molar refractivity (Wildman–Crippen MR) is 77.8 cm³/mol. The molecule has 0 spiro atoms. The molecule has 2 N–H and O–H groups in total. The third-order valence-electron chi connectivity index (χ3n) is 4.86. The maximum atomic E-state index is 12.4. The SMILES string of the molecule is CC(N)C1CCN(CC(=O)N2CCCCC2C)CC1. The Morgan fingerprint density at radius 1 is 1.21 bits per heavy atom. The molecule has 19 heavy (non-hydrogen) atoms. The fourth-order valence-corrected chi connectivity index (χ4v) is 3.39. The molecule has 0 aromatic heterocycles. The molecule has 2 fully saturated rings. The summed E-state index contributed by atoms with van der Waals surface area (Å²) in [5.74, 6) is 0.965. The normalized spacial score (nSPS) is 28.4. The van der Waals surface area contributed by atoms with Gasteiger partial charge in [0.15, 0.2) is 0 Å². The van der Waals surface area contributed by atoms with Crippen LogP contribution in [0, 0.1) is 5.92 Å². The molecule has 2 atom stereocenters. The van der Waals surface area contributed by atoms with Crippen LogP contribution in [0.5, 0.6) is 0 Å². The standard InChI is InChI=1S/C15H29N3O/c1-12-5-3-4-8-18(12)15(19)11-17-9-6-14(7-10-17)13(2)16/h12-14H,3-11,16H2,1-2H3. The Hall–Kier alpha value is -0.610. The molecule has 0 aromatic rings. The van der Waals surface area contributed by atoms with Crippen molar-refractivity contribution in [1.29, 1.82) is 0 Å². The Bertz CT molecular complexity index is 298. The van der Waals surface area contributed by atoms with Crippen molar-refractivity contribution < 1.29 is 4.79 Å². The molecule has 110 valence electrons. The average Bonchev–Trinajstić information content (AvgIpc) is 2.39. The van der Waals surface area contributed by atoms with E-state index >= 15 is 0 Å². The Labute approximate surface area is 117 Å². The molecule has 4 heteroatoms. The van der Waals surface area contributed by atoms with Gasteiger partial charge in [-0.1, -0.05) is 0 Å². The molecule has 2 heterocycles. The minimum atomic E-state index is 0.292. The lowest BCUT2D eigenvalue weighted by molar-refractivity contribution is -0.136. The van der Waals surface area contributed by atoms with E-state index < -0.39 is 0 Å². The lowest BCUT2D eigenvalue weighted by Gasteiger charge is -2.37. The van der Waals surface area contributed by atoms with E-state index in [0.717, 1.165) is 32.5 Å². The molecule has 0 saturated carbocycles. The van der Waals surface area contributed by atoms with E-state index in [2.05, 4.69) is 23.6 Å². The molecule has 2 saturated heterocycles. The summed E-state index contributed by atoms with van der Waals surface area (Å²) in [5, 5.41) is 0. The summed E-state index contributed by atoms with van der Waals surface area (Å²) >= 11 is 0. The fraction of sp³-hybridized carbons (Fsp3) is 0.933. The van der Waals surface area contributed by atoms with Crippen molar-refractivity contribution in [2.24, 2.45) is 11.7 Å². The third-order valence-corrected chi connectivity index (χ3v) is 4.86. The van der Waals surface area contributed by atoms with Gasteiger partial charge in [0.2, 0.25) is 5.91 Å². The summed E-state index contributed by atoms with van der Waals surface area (Å²) in [6, 6.07) is 0.725. The van der Waals surface area contributed by atoms with Gasteiger partial charge in [0.05, 0.1) is 6.54 Å². The van der Waals surface area contributed by atoms with Crippen molar-refractivity contribution in [3.63, 3.8) is 0 Å². The number of nitrogens with two attached hydrogens (primary N) is 1. The summed E-state index contributed by atoms with van der Waals surface area (Å²) in [7, 11) is 0. The van der Waals surface area contributed by atoms with Gasteiger partial charge in [0.25, 0.3) is 0 Å². The van der Waals surface area contributed by atoms with Crippen LogP contribution in [-0.4, -0.2) is 54.0 Å². The van der Waals surface area contributed by atoms with Crippen molar-refractivity contribution in [3.05, 3.63) is 0 Å². The van der Waals surface area contributed by atoms with Gasteiger partial charge >= 0.3 is 0 Å². The van der Waals surface area contributed by atoms with E-state index in [9.17, 15) is 4.79 Å². The summed E-state index contributed by atoms with van der Waals surface area (Å²) in [4.78, 5) is 16.7. The molecule has 0 radical (unpaired) electrons. The van der Waals surface area contributed by atoms with Gasteiger partial charge in [-0.25, -0.2) is 0 Å². The number of piperidine rings is 2. The largest absolute Gasteiger partial charge is 0.339 e. The van der Waals surface area contributed by atoms with E-state index in [1.807, 2.05) is 0 Å². The van der Waals surface area contributed by atoms with Gasteiger partial charge in [-0.05, 0) is 65.0 Å². The lowest BCUT2D eigenvalue weighted by Crippen LogP contribution is -2.49. The van der Waals surface area contributed by atoms with Gasteiger partial charge in [-0.15, -0.1) is 0 Å². The second-order valence-corrected chi connectivity index (χ2v) is 6.40. The number of hydrogen-bond acceptors (Lipinski definition) is 3. The number of rotatable bonds is 3. The molecule has 0 bridgehead atoms. The Balaban J connectivity index is 1.77. The van der Waals surface area contributed by atoms with Crippen LogP contribution in [0.25, 0.3) is 0 Å². The van der Waals surface area contributed by atoms with Gasteiger partial charge in [-0.2, -0.15) is 0 Å². The molecular formula is C15H29N3O. The quantitative estimate of drug-likeness (QED) is 0.842. The molecule has 2 aliphatic heterocycles. The average molecular weight is 267 g/mol. The van der Waals surface area contributed by atoms with Crippen LogP contribution in [-0.2, 0) is 4.79 Å². The first-order valence-corrected chi connectivity index (χ1v) is 7.85. The molecule has 4 nitrogen and oxygen atoms in total. The highest BCUT2D eigenvalue weighted by Gasteiger charge is 2.27. The molecule has 2 aliphatic rings.